The van der Waals surface area contributed by atoms with Crippen molar-refractivity contribution in [1.82, 2.24) is 0 Å². The quantitative estimate of drug-likeness (QED) is 0.582. The van der Waals surface area contributed by atoms with Crippen molar-refractivity contribution in [1.29, 1.82) is 0 Å². The van der Waals surface area contributed by atoms with Crippen molar-refractivity contribution in [3.05, 3.63) is 23.2 Å². The molecule has 0 aliphatic heterocycles. The predicted octanol–water partition coefficient (Wildman–Crippen LogP) is 1.40. The van der Waals surface area contributed by atoms with Crippen LogP contribution in [0.15, 0.2) is 23.2 Å². The van der Waals surface area contributed by atoms with Gasteiger partial charge in [-0.3, -0.25) is 0 Å². The third-order valence-corrected chi connectivity index (χ3v) is 1.54. The maximum absolute atomic E-state index is 12.5. The summed E-state index contributed by atoms with van der Waals surface area (Å²) in [5.74, 6) is -0.697. The van der Waals surface area contributed by atoms with E-state index in [1.54, 1.807) is 6.08 Å². The molecule has 0 amide bonds. The molecule has 1 aliphatic rings. The van der Waals surface area contributed by atoms with Crippen molar-refractivity contribution in [2.75, 3.05) is 6.54 Å². The fraction of sp³-hybridized carbons (Fsp3) is 0.429. The van der Waals surface area contributed by atoms with Gasteiger partial charge in [0.1, 0.15) is 5.83 Å². The smallest absolute Gasteiger partial charge is 0.151 e. The highest BCUT2D eigenvalue weighted by Crippen LogP contribution is 2.22. The monoisotopic (exact) mass is 143 g/mol. The van der Waals surface area contributed by atoms with Gasteiger partial charge in [-0.25, -0.2) is 4.39 Å². The minimum atomic E-state index is -0.442. The van der Waals surface area contributed by atoms with Crippen molar-refractivity contribution >= 4 is 0 Å². The molecule has 0 aromatic carbocycles. The van der Waals surface area contributed by atoms with Crippen LogP contribution in [0.4, 0.5) is 4.39 Å². The molecule has 56 valence electrons. The SMILES string of the molecule is NCC1=CCCC(F)=C1O. The maximum atomic E-state index is 12.5. The first-order valence-corrected chi connectivity index (χ1v) is 3.22. The lowest BCUT2D eigenvalue weighted by Crippen LogP contribution is -2.08. The van der Waals surface area contributed by atoms with E-state index in [1.165, 1.54) is 0 Å². The zero-order valence-electron chi connectivity index (χ0n) is 5.60. The summed E-state index contributed by atoms with van der Waals surface area (Å²) in [5, 5.41) is 8.99. The zero-order chi connectivity index (χ0) is 7.56. The molecule has 0 heterocycles. The molecule has 0 radical (unpaired) electrons. The largest absolute Gasteiger partial charge is 0.505 e. The van der Waals surface area contributed by atoms with Gasteiger partial charge in [0.15, 0.2) is 5.76 Å². The summed E-state index contributed by atoms with van der Waals surface area (Å²) in [6.07, 6.45) is 2.70. The average molecular weight is 143 g/mol. The van der Waals surface area contributed by atoms with Crippen molar-refractivity contribution in [3.63, 3.8) is 0 Å². The first-order chi connectivity index (χ1) is 4.75. The lowest BCUT2D eigenvalue weighted by Gasteiger charge is -2.10. The minimum Gasteiger partial charge on any atom is -0.505 e. The minimum absolute atomic E-state index is 0.208. The Morgan fingerprint density at radius 1 is 1.70 bits per heavy atom. The molecule has 1 rings (SSSR count). The molecule has 0 saturated heterocycles. The number of aliphatic hydroxyl groups excluding tert-OH is 1. The maximum Gasteiger partial charge on any atom is 0.151 e. The first-order valence-electron chi connectivity index (χ1n) is 3.22. The van der Waals surface area contributed by atoms with Gasteiger partial charge in [-0.05, 0) is 6.42 Å². The van der Waals surface area contributed by atoms with E-state index < -0.39 is 5.83 Å². The van der Waals surface area contributed by atoms with E-state index >= 15 is 0 Å². The van der Waals surface area contributed by atoms with E-state index in [4.69, 9.17) is 10.8 Å². The Morgan fingerprint density at radius 3 is 2.90 bits per heavy atom. The van der Waals surface area contributed by atoms with Gasteiger partial charge in [0.2, 0.25) is 0 Å². The fourth-order valence-corrected chi connectivity index (χ4v) is 0.942. The second-order valence-corrected chi connectivity index (χ2v) is 2.23. The fourth-order valence-electron chi connectivity index (χ4n) is 0.942. The Labute approximate surface area is 58.8 Å². The number of allylic oxidation sites excluding steroid dienone is 2. The Kier molecular flexibility index (Phi) is 2.06. The number of hydrogen-bond donors (Lipinski definition) is 2. The van der Waals surface area contributed by atoms with Gasteiger partial charge in [-0.2, -0.15) is 0 Å². The van der Waals surface area contributed by atoms with E-state index in [0.717, 1.165) is 0 Å². The highest BCUT2D eigenvalue weighted by atomic mass is 19.1. The molecule has 0 aromatic rings. The third kappa shape index (κ3) is 1.19. The van der Waals surface area contributed by atoms with Gasteiger partial charge in [0.25, 0.3) is 0 Å². The van der Waals surface area contributed by atoms with Crippen LogP contribution in [-0.2, 0) is 0 Å². The summed E-state index contributed by atoms with van der Waals surface area (Å²) in [5.41, 5.74) is 5.74. The van der Waals surface area contributed by atoms with Crippen molar-refractivity contribution < 1.29 is 9.50 Å². The van der Waals surface area contributed by atoms with Gasteiger partial charge >= 0.3 is 0 Å². The molecule has 0 fully saturated rings. The number of halogens is 1. The Bertz CT molecular complexity index is 196. The van der Waals surface area contributed by atoms with Crippen molar-refractivity contribution in [2.45, 2.75) is 12.8 Å². The molecule has 2 nitrogen and oxygen atoms in total. The molecule has 0 atom stereocenters. The van der Waals surface area contributed by atoms with Gasteiger partial charge in [-0.15, -0.1) is 0 Å². The molecule has 0 saturated carbocycles. The van der Waals surface area contributed by atoms with Crippen LogP contribution < -0.4 is 5.73 Å². The molecule has 0 spiro atoms. The summed E-state index contributed by atoms with van der Waals surface area (Å²) in [4.78, 5) is 0. The van der Waals surface area contributed by atoms with E-state index in [-0.39, 0.29) is 12.3 Å². The summed E-state index contributed by atoms with van der Waals surface area (Å²) in [6.45, 7) is 0.208. The van der Waals surface area contributed by atoms with Crippen LogP contribution in [0.2, 0.25) is 0 Å². The van der Waals surface area contributed by atoms with Crippen LogP contribution in [0.25, 0.3) is 0 Å². The molecule has 10 heavy (non-hydrogen) atoms. The van der Waals surface area contributed by atoms with Crippen LogP contribution in [-0.4, -0.2) is 11.7 Å². The van der Waals surface area contributed by atoms with E-state index in [1.807, 2.05) is 0 Å². The highest BCUT2D eigenvalue weighted by molar-refractivity contribution is 5.31. The summed E-state index contributed by atoms with van der Waals surface area (Å²) in [6, 6.07) is 0. The van der Waals surface area contributed by atoms with Gasteiger partial charge in [-0.1, -0.05) is 6.08 Å². The summed E-state index contributed by atoms with van der Waals surface area (Å²) < 4.78 is 12.5. The molecular formula is C7H10FNO. The number of aliphatic hydroxyl groups is 1. The van der Waals surface area contributed by atoms with Crippen molar-refractivity contribution in [3.8, 4) is 0 Å². The molecule has 3 N–H and O–H groups in total. The third-order valence-electron chi connectivity index (χ3n) is 1.54. The lowest BCUT2D eigenvalue weighted by atomic mass is 10.0. The lowest BCUT2D eigenvalue weighted by molar-refractivity contribution is 0.377. The number of rotatable bonds is 1. The number of hydrogen-bond acceptors (Lipinski definition) is 2. The van der Waals surface area contributed by atoms with E-state index in [2.05, 4.69) is 0 Å². The molecule has 1 aliphatic carbocycles. The van der Waals surface area contributed by atoms with Gasteiger partial charge < -0.3 is 10.8 Å². The Hall–Kier alpha value is -0.830. The molecule has 3 heteroatoms. The van der Waals surface area contributed by atoms with Gasteiger partial charge in [0, 0.05) is 18.5 Å². The van der Waals surface area contributed by atoms with Crippen LogP contribution in [0.5, 0.6) is 0 Å². The first kappa shape index (κ1) is 7.28. The second kappa shape index (κ2) is 2.84. The molecule has 0 unspecified atom stereocenters. The standard InChI is InChI=1S/C7H10FNO/c8-6-3-1-2-5(4-9)7(6)10/h2,10H,1,3-4,9H2. The second-order valence-electron chi connectivity index (χ2n) is 2.23. The Balaban J connectivity index is 2.83. The molecular weight excluding hydrogens is 133 g/mol. The normalized spacial score (nSPS) is 19.2. The predicted molar refractivity (Wildman–Crippen MR) is 37.1 cm³/mol. The Morgan fingerprint density at radius 2 is 2.40 bits per heavy atom. The molecule has 0 aromatic heterocycles. The average Bonchev–Trinajstić information content (AvgIpc) is 1.95. The highest BCUT2D eigenvalue weighted by Gasteiger charge is 2.12. The van der Waals surface area contributed by atoms with Gasteiger partial charge in [0.05, 0.1) is 0 Å². The topological polar surface area (TPSA) is 46.2 Å². The zero-order valence-corrected chi connectivity index (χ0v) is 5.60. The summed E-state index contributed by atoms with van der Waals surface area (Å²) in [7, 11) is 0. The van der Waals surface area contributed by atoms with Crippen LogP contribution in [0, 0.1) is 0 Å². The molecule has 0 bridgehead atoms. The van der Waals surface area contributed by atoms with Crippen molar-refractivity contribution in [2.24, 2.45) is 5.73 Å². The van der Waals surface area contributed by atoms with E-state index in [0.29, 0.717) is 18.4 Å². The van der Waals surface area contributed by atoms with Crippen LogP contribution in [0.3, 0.4) is 0 Å². The van der Waals surface area contributed by atoms with E-state index in [9.17, 15) is 4.39 Å². The van der Waals surface area contributed by atoms with Crippen LogP contribution >= 0.6 is 0 Å². The van der Waals surface area contributed by atoms with Crippen LogP contribution in [0.1, 0.15) is 12.8 Å². The summed E-state index contributed by atoms with van der Waals surface area (Å²) >= 11 is 0. The number of nitrogens with two attached hydrogens (primary N) is 1.